The van der Waals surface area contributed by atoms with Crippen molar-refractivity contribution >= 4 is 11.9 Å². The Bertz CT molecular complexity index is 714. The van der Waals surface area contributed by atoms with Crippen LogP contribution in [0.4, 0.5) is 0 Å². The molecule has 0 fully saturated rings. The molecule has 0 aliphatic heterocycles. The van der Waals surface area contributed by atoms with Crippen LogP contribution in [0.25, 0.3) is 5.57 Å². The minimum atomic E-state index is 0.278. The minimum absolute atomic E-state index is 0.278. The molecule has 23 heavy (non-hydrogen) atoms. The summed E-state index contributed by atoms with van der Waals surface area (Å²) in [5.41, 5.74) is 5.41. The summed E-state index contributed by atoms with van der Waals surface area (Å²) in [6.07, 6.45) is 14.2. The molecule has 1 atom stereocenters. The number of aromatic nitrogens is 2. The first kappa shape index (κ1) is 16.9. The quantitative estimate of drug-likeness (QED) is 0.568. The number of carbonyl (C=O) groups excluding carboxylic acids is 1. The largest absolute Gasteiger partial charge is 0.301 e. The average Bonchev–Trinajstić information content (AvgIpc) is 2.99. The topological polar surface area (TPSA) is 34.9 Å². The summed E-state index contributed by atoms with van der Waals surface area (Å²) in [7, 11) is 0. The standard InChI is InChI=1S/C20H24N2O/c1-5-15(2)16(3)13-17(4)19-14-20(22(21-19)11-12-23)18-9-7-6-8-10-18/h5-9,12-14,18H,1,10-11H2,2-4H3/b16-15-,17-13+. The third kappa shape index (κ3) is 4.07. The van der Waals surface area contributed by atoms with E-state index in [2.05, 4.69) is 55.0 Å². The highest BCUT2D eigenvalue weighted by molar-refractivity contribution is 5.65. The van der Waals surface area contributed by atoms with Crippen molar-refractivity contribution in [3.63, 3.8) is 0 Å². The lowest BCUT2D eigenvalue weighted by Crippen LogP contribution is -2.09. The Hall–Kier alpha value is -2.42. The number of hydrogen-bond acceptors (Lipinski definition) is 2. The zero-order valence-corrected chi connectivity index (χ0v) is 14.1. The molecule has 1 aromatic heterocycles. The summed E-state index contributed by atoms with van der Waals surface area (Å²) in [6.45, 7) is 10.3. The van der Waals surface area contributed by atoms with Gasteiger partial charge in [0.2, 0.25) is 0 Å². The Balaban J connectivity index is 2.38. The van der Waals surface area contributed by atoms with E-state index in [4.69, 9.17) is 0 Å². The summed E-state index contributed by atoms with van der Waals surface area (Å²) in [6, 6.07) is 2.10. The summed E-state index contributed by atoms with van der Waals surface area (Å²) in [4.78, 5) is 11.0. The lowest BCUT2D eigenvalue weighted by Gasteiger charge is -2.13. The molecule has 0 N–H and O–H groups in total. The van der Waals surface area contributed by atoms with Gasteiger partial charge >= 0.3 is 0 Å². The van der Waals surface area contributed by atoms with Gasteiger partial charge in [-0.25, -0.2) is 0 Å². The summed E-state index contributed by atoms with van der Waals surface area (Å²) >= 11 is 0. The average molecular weight is 308 g/mol. The zero-order chi connectivity index (χ0) is 16.8. The molecule has 1 aliphatic carbocycles. The van der Waals surface area contributed by atoms with Gasteiger partial charge in [-0.15, -0.1) is 0 Å². The lowest BCUT2D eigenvalue weighted by molar-refractivity contribution is -0.108. The first-order valence-corrected chi connectivity index (χ1v) is 7.90. The van der Waals surface area contributed by atoms with Gasteiger partial charge in [0, 0.05) is 11.6 Å². The van der Waals surface area contributed by atoms with E-state index < -0.39 is 0 Å². The smallest absolute Gasteiger partial charge is 0.141 e. The molecule has 1 aromatic rings. The van der Waals surface area contributed by atoms with Crippen molar-refractivity contribution in [3.05, 3.63) is 71.6 Å². The first-order valence-electron chi connectivity index (χ1n) is 7.90. The molecule has 2 rings (SSSR count). The SMILES string of the molecule is C=C/C(C)=C(C)\C=C(/C)c1cc(C2C=CC=CC2)n(CC=O)n1. The monoisotopic (exact) mass is 308 g/mol. The van der Waals surface area contributed by atoms with Crippen molar-refractivity contribution in [2.45, 2.75) is 39.7 Å². The highest BCUT2D eigenvalue weighted by Crippen LogP contribution is 2.27. The molecule has 0 saturated carbocycles. The van der Waals surface area contributed by atoms with Gasteiger partial charge in [0.1, 0.15) is 6.29 Å². The van der Waals surface area contributed by atoms with Gasteiger partial charge in [-0.05, 0) is 50.0 Å². The number of hydrogen-bond donors (Lipinski definition) is 0. The van der Waals surface area contributed by atoms with E-state index in [0.29, 0.717) is 0 Å². The van der Waals surface area contributed by atoms with Gasteiger partial charge in [0.25, 0.3) is 0 Å². The van der Waals surface area contributed by atoms with Gasteiger partial charge in [-0.3, -0.25) is 4.68 Å². The molecule has 1 unspecified atom stereocenters. The zero-order valence-electron chi connectivity index (χ0n) is 14.1. The van der Waals surface area contributed by atoms with Crippen LogP contribution in [0.3, 0.4) is 0 Å². The van der Waals surface area contributed by atoms with Crippen molar-refractivity contribution < 1.29 is 4.79 Å². The number of aldehydes is 1. The molecular weight excluding hydrogens is 284 g/mol. The molecule has 3 heteroatoms. The Labute approximate surface area is 138 Å². The highest BCUT2D eigenvalue weighted by Gasteiger charge is 2.17. The summed E-state index contributed by atoms with van der Waals surface area (Å²) in [5, 5.41) is 4.62. The van der Waals surface area contributed by atoms with Crippen LogP contribution >= 0.6 is 0 Å². The van der Waals surface area contributed by atoms with Crippen molar-refractivity contribution in [2.75, 3.05) is 0 Å². The van der Waals surface area contributed by atoms with Crippen LogP contribution in [0.5, 0.6) is 0 Å². The van der Waals surface area contributed by atoms with Crippen LogP contribution in [-0.2, 0) is 11.3 Å². The number of carbonyl (C=O) groups is 1. The molecule has 0 aromatic carbocycles. The maximum absolute atomic E-state index is 11.0. The number of allylic oxidation sites excluding steroid dienone is 9. The molecular formula is C20H24N2O. The molecule has 0 spiro atoms. The van der Waals surface area contributed by atoms with Crippen LogP contribution in [0.15, 0.2) is 60.2 Å². The van der Waals surface area contributed by atoms with E-state index in [1.54, 1.807) is 0 Å². The summed E-state index contributed by atoms with van der Waals surface area (Å²) < 4.78 is 1.81. The Kier molecular flexibility index (Phi) is 5.69. The molecule has 0 amide bonds. The van der Waals surface area contributed by atoms with Crippen molar-refractivity contribution in [2.24, 2.45) is 0 Å². The van der Waals surface area contributed by atoms with Gasteiger partial charge < -0.3 is 4.79 Å². The van der Waals surface area contributed by atoms with Crippen LogP contribution in [0.2, 0.25) is 0 Å². The van der Waals surface area contributed by atoms with Gasteiger partial charge in [-0.1, -0.05) is 43.0 Å². The predicted molar refractivity (Wildman–Crippen MR) is 96.2 cm³/mol. The maximum Gasteiger partial charge on any atom is 0.141 e. The summed E-state index contributed by atoms with van der Waals surface area (Å²) in [5.74, 6) is 0.278. The Morgan fingerprint density at radius 3 is 2.74 bits per heavy atom. The van der Waals surface area contributed by atoms with Crippen molar-refractivity contribution in [1.29, 1.82) is 0 Å². The fraction of sp³-hybridized carbons (Fsp3) is 0.300. The van der Waals surface area contributed by atoms with Crippen molar-refractivity contribution in [1.82, 2.24) is 9.78 Å². The molecule has 0 radical (unpaired) electrons. The number of nitrogens with zero attached hydrogens (tertiary/aromatic N) is 2. The van der Waals surface area contributed by atoms with E-state index in [1.165, 1.54) is 5.57 Å². The Morgan fingerprint density at radius 1 is 1.35 bits per heavy atom. The third-order valence-electron chi connectivity index (χ3n) is 4.18. The van der Waals surface area contributed by atoms with E-state index in [9.17, 15) is 4.79 Å². The van der Waals surface area contributed by atoms with Gasteiger partial charge in [0.15, 0.2) is 0 Å². The van der Waals surface area contributed by atoms with Crippen LogP contribution in [0.1, 0.15) is 44.5 Å². The molecule has 0 bridgehead atoms. The van der Waals surface area contributed by atoms with Crippen LogP contribution < -0.4 is 0 Å². The van der Waals surface area contributed by atoms with Gasteiger partial charge in [-0.2, -0.15) is 5.10 Å². The van der Waals surface area contributed by atoms with Gasteiger partial charge in [0.05, 0.1) is 12.2 Å². The van der Waals surface area contributed by atoms with E-state index in [-0.39, 0.29) is 12.5 Å². The molecule has 1 aliphatic rings. The van der Waals surface area contributed by atoms with E-state index in [0.717, 1.165) is 35.2 Å². The Morgan fingerprint density at radius 2 is 2.13 bits per heavy atom. The van der Waals surface area contributed by atoms with E-state index in [1.807, 2.05) is 24.6 Å². The molecule has 3 nitrogen and oxygen atoms in total. The second kappa shape index (κ2) is 7.73. The lowest BCUT2D eigenvalue weighted by atomic mass is 9.96. The second-order valence-corrected chi connectivity index (χ2v) is 5.86. The van der Waals surface area contributed by atoms with E-state index >= 15 is 0 Å². The molecule has 120 valence electrons. The fourth-order valence-electron chi connectivity index (χ4n) is 2.61. The maximum atomic E-state index is 11.0. The third-order valence-corrected chi connectivity index (χ3v) is 4.18. The van der Waals surface area contributed by atoms with Crippen LogP contribution in [0, 0.1) is 0 Å². The van der Waals surface area contributed by atoms with Crippen LogP contribution in [-0.4, -0.2) is 16.1 Å². The number of rotatable bonds is 6. The second-order valence-electron chi connectivity index (χ2n) is 5.86. The normalized spacial score (nSPS) is 18.7. The minimum Gasteiger partial charge on any atom is -0.301 e. The fourth-order valence-corrected chi connectivity index (χ4v) is 2.61. The first-order chi connectivity index (χ1) is 11.1. The highest BCUT2D eigenvalue weighted by atomic mass is 16.1. The van der Waals surface area contributed by atoms with Crippen molar-refractivity contribution in [3.8, 4) is 0 Å². The predicted octanol–water partition coefficient (Wildman–Crippen LogP) is 4.61. The molecule has 1 heterocycles. The molecule has 0 saturated heterocycles.